The van der Waals surface area contributed by atoms with Crippen molar-refractivity contribution in [3.63, 3.8) is 0 Å². The number of amides is 1. The summed E-state index contributed by atoms with van der Waals surface area (Å²) in [5.74, 6) is -0.335. The zero-order chi connectivity index (χ0) is 16.2. The summed E-state index contributed by atoms with van der Waals surface area (Å²) in [5.41, 5.74) is 2.44. The predicted octanol–water partition coefficient (Wildman–Crippen LogP) is 3.93. The smallest absolute Gasteiger partial charge is 0.234 e. The van der Waals surface area contributed by atoms with Crippen LogP contribution in [-0.4, -0.2) is 21.2 Å². The SMILES string of the molecule is CCn1c(SCC(=O)Nc2cccc(F)c2)nc2ccccc21. The third kappa shape index (κ3) is 3.53. The van der Waals surface area contributed by atoms with Crippen LogP contribution in [0, 0.1) is 5.82 Å². The molecule has 3 rings (SSSR count). The number of thioether (sulfide) groups is 1. The van der Waals surface area contributed by atoms with Gasteiger partial charge in [0, 0.05) is 12.2 Å². The summed E-state index contributed by atoms with van der Waals surface area (Å²) >= 11 is 1.37. The highest BCUT2D eigenvalue weighted by Gasteiger charge is 2.12. The number of anilines is 1. The first-order valence-corrected chi connectivity index (χ1v) is 8.29. The molecular weight excluding hydrogens is 313 g/mol. The summed E-state index contributed by atoms with van der Waals surface area (Å²) < 4.78 is 15.2. The lowest BCUT2D eigenvalue weighted by Crippen LogP contribution is -2.14. The number of hydrogen-bond acceptors (Lipinski definition) is 3. The minimum absolute atomic E-state index is 0.185. The number of imidazole rings is 1. The van der Waals surface area contributed by atoms with E-state index in [1.165, 1.54) is 23.9 Å². The maximum atomic E-state index is 13.1. The minimum atomic E-state index is -0.372. The van der Waals surface area contributed by atoms with Gasteiger partial charge in [0.2, 0.25) is 5.91 Å². The fourth-order valence-electron chi connectivity index (χ4n) is 2.36. The number of carbonyl (C=O) groups is 1. The van der Waals surface area contributed by atoms with Gasteiger partial charge in [0.05, 0.1) is 16.8 Å². The third-order valence-electron chi connectivity index (χ3n) is 3.38. The molecule has 1 N–H and O–H groups in total. The molecule has 4 nitrogen and oxygen atoms in total. The van der Waals surface area contributed by atoms with Crippen molar-refractivity contribution >= 4 is 34.4 Å². The van der Waals surface area contributed by atoms with E-state index in [0.29, 0.717) is 5.69 Å². The topological polar surface area (TPSA) is 46.9 Å². The molecule has 118 valence electrons. The number of aromatic nitrogens is 2. The fraction of sp³-hybridized carbons (Fsp3) is 0.176. The highest BCUT2D eigenvalue weighted by atomic mass is 32.2. The van der Waals surface area contributed by atoms with Gasteiger partial charge in [-0.15, -0.1) is 0 Å². The average Bonchev–Trinajstić information content (AvgIpc) is 2.90. The fourth-order valence-corrected chi connectivity index (χ4v) is 3.24. The number of halogens is 1. The number of benzene rings is 2. The third-order valence-corrected chi connectivity index (χ3v) is 4.35. The Morgan fingerprint density at radius 1 is 1.26 bits per heavy atom. The van der Waals surface area contributed by atoms with E-state index in [1.807, 2.05) is 31.2 Å². The number of carbonyl (C=O) groups excluding carboxylic acids is 1. The van der Waals surface area contributed by atoms with Crippen LogP contribution in [0.5, 0.6) is 0 Å². The first-order chi connectivity index (χ1) is 11.2. The zero-order valence-corrected chi connectivity index (χ0v) is 13.4. The van der Waals surface area contributed by atoms with Gasteiger partial charge in [-0.1, -0.05) is 30.0 Å². The van der Waals surface area contributed by atoms with E-state index < -0.39 is 0 Å². The van der Waals surface area contributed by atoms with Gasteiger partial charge in [0.15, 0.2) is 5.16 Å². The first kappa shape index (κ1) is 15.6. The molecule has 0 bridgehead atoms. The van der Waals surface area contributed by atoms with Crippen molar-refractivity contribution in [2.75, 3.05) is 11.1 Å². The lowest BCUT2D eigenvalue weighted by Gasteiger charge is -2.07. The summed E-state index contributed by atoms with van der Waals surface area (Å²) in [6, 6.07) is 13.8. The van der Waals surface area contributed by atoms with Gasteiger partial charge >= 0.3 is 0 Å². The van der Waals surface area contributed by atoms with E-state index in [4.69, 9.17) is 0 Å². The van der Waals surface area contributed by atoms with Gasteiger partial charge in [-0.05, 0) is 37.3 Å². The molecule has 0 saturated heterocycles. The number of fused-ring (bicyclic) bond motifs is 1. The van der Waals surface area contributed by atoms with Crippen molar-refractivity contribution in [2.45, 2.75) is 18.6 Å². The largest absolute Gasteiger partial charge is 0.325 e. The molecule has 1 amide bonds. The molecule has 0 radical (unpaired) electrons. The van der Waals surface area contributed by atoms with Crippen LogP contribution in [0.15, 0.2) is 53.7 Å². The highest BCUT2D eigenvalue weighted by Crippen LogP contribution is 2.24. The number of aryl methyl sites for hydroxylation is 1. The number of nitrogens with one attached hydrogen (secondary N) is 1. The molecule has 0 spiro atoms. The molecule has 0 aliphatic rings. The molecule has 23 heavy (non-hydrogen) atoms. The Morgan fingerprint density at radius 2 is 2.09 bits per heavy atom. The normalized spacial score (nSPS) is 10.9. The van der Waals surface area contributed by atoms with Crippen LogP contribution in [-0.2, 0) is 11.3 Å². The molecule has 1 heterocycles. The number of hydrogen-bond donors (Lipinski definition) is 1. The molecule has 0 fully saturated rings. The van der Waals surface area contributed by atoms with Crippen molar-refractivity contribution in [3.8, 4) is 0 Å². The lowest BCUT2D eigenvalue weighted by molar-refractivity contribution is -0.113. The van der Waals surface area contributed by atoms with Crippen LogP contribution in [0.4, 0.5) is 10.1 Å². The molecule has 1 aromatic heterocycles. The Balaban J connectivity index is 1.69. The van der Waals surface area contributed by atoms with Gasteiger partial charge in [0.1, 0.15) is 5.82 Å². The number of para-hydroxylation sites is 2. The second-order valence-corrected chi connectivity index (χ2v) is 5.92. The molecule has 0 unspecified atom stereocenters. The van der Waals surface area contributed by atoms with Crippen LogP contribution < -0.4 is 5.32 Å². The van der Waals surface area contributed by atoms with Gasteiger partial charge < -0.3 is 9.88 Å². The molecule has 3 aromatic rings. The molecule has 0 aliphatic heterocycles. The van der Waals surface area contributed by atoms with E-state index in [9.17, 15) is 9.18 Å². The second kappa shape index (κ2) is 6.83. The van der Waals surface area contributed by atoms with Crippen LogP contribution in [0.2, 0.25) is 0 Å². The zero-order valence-electron chi connectivity index (χ0n) is 12.6. The lowest BCUT2D eigenvalue weighted by atomic mass is 10.3. The summed E-state index contributed by atoms with van der Waals surface area (Å²) in [5, 5.41) is 3.50. The molecule has 0 aliphatic carbocycles. The molecule has 0 atom stereocenters. The Labute approximate surface area is 137 Å². The summed E-state index contributed by atoms with van der Waals surface area (Å²) in [4.78, 5) is 16.6. The van der Waals surface area contributed by atoms with Crippen molar-refractivity contribution in [1.82, 2.24) is 9.55 Å². The molecule has 6 heteroatoms. The van der Waals surface area contributed by atoms with Crippen molar-refractivity contribution < 1.29 is 9.18 Å². The maximum Gasteiger partial charge on any atom is 0.234 e. The Morgan fingerprint density at radius 3 is 2.87 bits per heavy atom. The predicted molar refractivity (Wildman–Crippen MR) is 91.2 cm³/mol. The van der Waals surface area contributed by atoms with Crippen molar-refractivity contribution in [3.05, 3.63) is 54.3 Å². The standard InChI is InChI=1S/C17H16FN3OS/c1-2-21-15-9-4-3-8-14(15)20-17(21)23-11-16(22)19-13-7-5-6-12(18)10-13/h3-10H,2,11H2,1H3,(H,19,22). The summed E-state index contributed by atoms with van der Waals surface area (Å²) in [6.07, 6.45) is 0. The first-order valence-electron chi connectivity index (χ1n) is 7.31. The van der Waals surface area contributed by atoms with Crippen molar-refractivity contribution in [2.24, 2.45) is 0 Å². The van der Waals surface area contributed by atoms with E-state index in [1.54, 1.807) is 12.1 Å². The van der Waals surface area contributed by atoms with Crippen molar-refractivity contribution in [1.29, 1.82) is 0 Å². The van der Waals surface area contributed by atoms with Gasteiger partial charge in [-0.25, -0.2) is 9.37 Å². The van der Waals surface area contributed by atoms with E-state index in [-0.39, 0.29) is 17.5 Å². The summed E-state index contributed by atoms with van der Waals surface area (Å²) in [6.45, 7) is 2.83. The Kier molecular flexibility index (Phi) is 4.62. The van der Waals surface area contributed by atoms with Gasteiger partial charge in [0.25, 0.3) is 0 Å². The number of nitrogens with zero attached hydrogens (tertiary/aromatic N) is 2. The Bertz CT molecular complexity index is 847. The van der Waals surface area contributed by atoms with Crippen LogP contribution in [0.3, 0.4) is 0 Å². The minimum Gasteiger partial charge on any atom is -0.325 e. The quantitative estimate of drug-likeness (QED) is 0.722. The van der Waals surface area contributed by atoms with Gasteiger partial charge in [-0.2, -0.15) is 0 Å². The van der Waals surface area contributed by atoms with Crippen LogP contribution in [0.25, 0.3) is 11.0 Å². The highest BCUT2D eigenvalue weighted by molar-refractivity contribution is 7.99. The monoisotopic (exact) mass is 329 g/mol. The Hall–Kier alpha value is -2.34. The van der Waals surface area contributed by atoms with E-state index in [2.05, 4.69) is 14.9 Å². The van der Waals surface area contributed by atoms with E-state index in [0.717, 1.165) is 22.7 Å². The maximum absolute atomic E-state index is 13.1. The molecule has 2 aromatic carbocycles. The molecule has 0 saturated carbocycles. The average molecular weight is 329 g/mol. The second-order valence-electron chi connectivity index (χ2n) is 4.97. The molecular formula is C17H16FN3OS. The van der Waals surface area contributed by atoms with Gasteiger partial charge in [-0.3, -0.25) is 4.79 Å². The summed E-state index contributed by atoms with van der Waals surface area (Å²) in [7, 11) is 0. The van der Waals surface area contributed by atoms with Crippen LogP contribution >= 0.6 is 11.8 Å². The van der Waals surface area contributed by atoms with E-state index >= 15 is 0 Å². The number of rotatable bonds is 5. The van der Waals surface area contributed by atoms with Crippen LogP contribution in [0.1, 0.15) is 6.92 Å².